The van der Waals surface area contributed by atoms with Crippen molar-refractivity contribution in [1.82, 2.24) is 9.78 Å². The van der Waals surface area contributed by atoms with Crippen LogP contribution in [0.5, 0.6) is 0 Å². The van der Waals surface area contributed by atoms with Crippen molar-refractivity contribution in [3.63, 3.8) is 0 Å². The fourth-order valence-corrected chi connectivity index (χ4v) is 4.06. The van der Waals surface area contributed by atoms with Gasteiger partial charge in [0.15, 0.2) is 0 Å². The van der Waals surface area contributed by atoms with E-state index in [9.17, 15) is 17.6 Å². The summed E-state index contributed by atoms with van der Waals surface area (Å²) in [6.07, 6.45) is 1.57. The standard InChI is InChI=1S/C20H16ClFN4O3S/c1-11-15(19(21)26(25-11)10-12-2-4-13(22)5-3-12)9-17-16-8-14(30(23,28)29)6-7-18(16)24-20(17)27/h2-9H,10H2,1H3,(H,24,27)(H2,23,28,29)/b17-9-. The van der Waals surface area contributed by atoms with E-state index >= 15 is 0 Å². The number of aryl methyl sites for hydroxylation is 1. The van der Waals surface area contributed by atoms with Crippen molar-refractivity contribution in [2.75, 3.05) is 5.32 Å². The molecule has 0 radical (unpaired) electrons. The number of amides is 1. The number of sulfonamides is 1. The van der Waals surface area contributed by atoms with Gasteiger partial charge in [-0.2, -0.15) is 5.10 Å². The van der Waals surface area contributed by atoms with Gasteiger partial charge in [0.05, 0.1) is 17.1 Å². The number of nitrogens with one attached hydrogen (secondary N) is 1. The van der Waals surface area contributed by atoms with Gasteiger partial charge in [0.1, 0.15) is 11.0 Å². The lowest BCUT2D eigenvalue weighted by atomic mass is 10.0. The lowest BCUT2D eigenvalue weighted by Crippen LogP contribution is -2.12. The van der Waals surface area contributed by atoms with E-state index in [1.165, 1.54) is 30.3 Å². The zero-order valence-electron chi connectivity index (χ0n) is 15.7. The SMILES string of the molecule is Cc1nn(Cc2ccc(F)cc2)c(Cl)c1/C=C1\C(=O)Nc2ccc(S(N)(=O)=O)cc21. The van der Waals surface area contributed by atoms with Crippen LogP contribution in [0, 0.1) is 12.7 Å². The first kappa shape index (κ1) is 20.3. The molecule has 7 nitrogen and oxygen atoms in total. The van der Waals surface area contributed by atoms with Gasteiger partial charge in [-0.05, 0) is 48.9 Å². The second-order valence-electron chi connectivity index (χ2n) is 6.84. The number of hydrogen-bond donors (Lipinski definition) is 2. The number of fused-ring (bicyclic) bond motifs is 1. The summed E-state index contributed by atoms with van der Waals surface area (Å²) < 4.78 is 38.0. The summed E-state index contributed by atoms with van der Waals surface area (Å²) in [5, 5.41) is 12.6. The molecule has 154 valence electrons. The fraction of sp³-hybridized carbons (Fsp3) is 0.100. The van der Waals surface area contributed by atoms with Crippen LogP contribution in [0.4, 0.5) is 10.1 Å². The first-order chi connectivity index (χ1) is 14.1. The molecule has 2 aromatic carbocycles. The van der Waals surface area contributed by atoms with Crippen LogP contribution in [0.15, 0.2) is 47.4 Å². The lowest BCUT2D eigenvalue weighted by molar-refractivity contribution is -0.110. The molecule has 30 heavy (non-hydrogen) atoms. The monoisotopic (exact) mass is 446 g/mol. The Morgan fingerprint density at radius 1 is 1.23 bits per heavy atom. The second-order valence-corrected chi connectivity index (χ2v) is 8.76. The third-order valence-corrected chi connectivity index (χ3v) is 6.06. The van der Waals surface area contributed by atoms with Gasteiger partial charge < -0.3 is 5.32 Å². The van der Waals surface area contributed by atoms with Crippen LogP contribution in [-0.2, 0) is 21.4 Å². The fourth-order valence-electron chi connectivity index (χ4n) is 3.23. The Balaban J connectivity index is 1.75. The van der Waals surface area contributed by atoms with E-state index in [0.717, 1.165) is 5.56 Å². The Labute approximate surface area is 177 Å². The molecule has 0 unspecified atom stereocenters. The molecule has 1 aliphatic heterocycles. The summed E-state index contributed by atoms with van der Waals surface area (Å²) >= 11 is 6.50. The number of carbonyl (C=O) groups excluding carboxylic acids is 1. The number of nitrogens with two attached hydrogens (primary N) is 1. The maximum Gasteiger partial charge on any atom is 0.256 e. The highest BCUT2D eigenvalue weighted by Crippen LogP contribution is 2.36. The van der Waals surface area contributed by atoms with Crippen LogP contribution in [0.2, 0.25) is 5.15 Å². The second kappa shape index (κ2) is 7.35. The maximum atomic E-state index is 13.1. The van der Waals surface area contributed by atoms with E-state index in [2.05, 4.69) is 10.4 Å². The Morgan fingerprint density at radius 3 is 2.60 bits per heavy atom. The predicted molar refractivity (Wildman–Crippen MR) is 112 cm³/mol. The Hall–Kier alpha value is -3.01. The lowest BCUT2D eigenvalue weighted by Gasteiger charge is -2.04. The van der Waals surface area contributed by atoms with Gasteiger partial charge in [-0.15, -0.1) is 0 Å². The number of hydrogen-bond acceptors (Lipinski definition) is 4. The molecule has 1 aromatic heterocycles. The van der Waals surface area contributed by atoms with E-state index in [-0.39, 0.29) is 16.3 Å². The van der Waals surface area contributed by atoms with Crippen LogP contribution >= 0.6 is 11.6 Å². The van der Waals surface area contributed by atoms with Crippen LogP contribution in [-0.4, -0.2) is 24.1 Å². The first-order valence-corrected chi connectivity index (χ1v) is 10.7. The number of rotatable bonds is 4. The van der Waals surface area contributed by atoms with Gasteiger partial charge in [-0.3, -0.25) is 4.79 Å². The number of primary sulfonamides is 1. The molecule has 3 N–H and O–H groups in total. The molecular formula is C20H16ClFN4O3S. The molecule has 2 heterocycles. The van der Waals surface area contributed by atoms with Crippen molar-refractivity contribution in [1.29, 1.82) is 0 Å². The molecule has 0 fully saturated rings. The predicted octanol–water partition coefficient (Wildman–Crippen LogP) is 3.17. The van der Waals surface area contributed by atoms with Gasteiger partial charge in [-0.25, -0.2) is 22.6 Å². The summed E-state index contributed by atoms with van der Waals surface area (Å²) in [6, 6.07) is 10.1. The number of benzene rings is 2. The Morgan fingerprint density at radius 2 is 1.93 bits per heavy atom. The van der Waals surface area contributed by atoms with Crippen LogP contribution in [0.25, 0.3) is 11.6 Å². The van der Waals surface area contributed by atoms with Gasteiger partial charge in [0, 0.05) is 22.4 Å². The summed E-state index contributed by atoms with van der Waals surface area (Å²) in [5.74, 6) is -0.727. The molecule has 0 saturated heterocycles. The molecule has 10 heteroatoms. The Bertz CT molecular complexity index is 1310. The van der Waals surface area contributed by atoms with E-state index in [0.29, 0.717) is 34.2 Å². The van der Waals surface area contributed by atoms with Crippen molar-refractivity contribution in [2.45, 2.75) is 18.4 Å². The molecule has 1 amide bonds. The van der Waals surface area contributed by atoms with Crippen molar-refractivity contribution < 1.29 is 17.6 Å². The minimum absolute atomic E-state index is 0.0986. The average molecular weight is 447 g/mol. The molecule has 0 saturated carbocycles. The number of aromatic nitrogens is 2. The molecule has 0 aliphatic carbocycles. The summed E-state index contributed by atoms with van der Waals surface area (Å²) in [6.45, 7) is 2.06. The third-order valence-electron chi connectivity index (χ3n) is 4.75. The topological polar surface area (TPSA) is 107 Å². The van der Waals surface area contributed by atoms with Crippen molar-refractivity contribution in [3.05, 3.63) is 75.8 Å². The minimum Gasteiger partial charge on any atom is -0.321 e. The first-order valence-electron chi connectivity index (χ1n) is 8.81. The van der Waals surface area contributed by atoms with E-state index in [4.69, 9.17) is 16.7 Å². The van der Waals surface area contributed by atoms with Crippen LogP contribution in [0.3, 0.4) is 0 Å². The van der Waals surface area contributed by atoms with E-state index < -0.39 is 15.9 Å². The molecule has 3 aromatic rings. The summed E-state index contributed by atoms with van der Waals surface area (Å²) in [5.41, 5.74) is 3.05. The zero-order chi connectivity index (χ0) is 21.6. The smallest absolute Gasteiger partial charge is 0.256 e. The minimum atomic E-state index is -3.92. The molecule has 0 bridgehead atoms. The summed E-state index contributed by atoms with van der Waals surface area (Å²) in [4.78, 5) is 12.4. The van der Waals surface area contributed by atoms with Crippen molar-refractivity contribution in [3.8, 4) is 0 Å². The normalized spacial score (nSPS) is 14.8. The molecule has 1 aliphatic rings. The molecule has 4 rings (SSSR count). The van der Waals surface area contributed by atoms with E-state index in [1.807, 2.05) is 0 Å². The van der Waals surface area contributed by atoms with Gasteiger partial charge in [0.25, 0.3) is 5.91 Å². The van der Waals surface area contributed by atoms with Gasteiger partial charge >= 0.3 is 0 Å². The summed E-state index contributed by atoms with van der Waals surface area (Å²) in [7, 11) is -3.92. The van der Waals surface area contributed by atoms with Crippen LogP contribution < -0.4 is 10.5 Å². The largest absolute Gasteiger partial charge is 0.321 e. The van der Waals surface area contributed by atoms with E-state index in [1.54, 1.807) is 29.8 Å². The molecule has 0 atom stereocenters. The van der Waals surface area contributed by atoms with Crippen molar-refractivity contribution in [2.24, 2.45) is 5.14 Å². The average Bonchev–Trinajstić information content (AvgIpc) is 3.13. The molecule has 0 spiro atoms. The number of nitrogens with zero attached hydrogens (tertiary/aromatic N) is 2. The zero-order valence-corrected chi connectivity index (χ0v) is 17.3. The highest BCUT2D eigenvalue weighted by atomic mass is 35.5. The quantitative estimate of drug-likeness (QED) is 0.600. The van der Waals surface area contributed by atoms with Gasteiger partial charge in [-0.1, -0.05) is 23.7 Å². The molecular weight excluding hydrogens is 431 g/mol. The van der Waals surface area contributed by atoms with Crippen molar-refractivity contribution >= 4 is 44.9 Å². The third kappa shape index (κ3) is 3.74. The highest BCUT2D eigenvalue weighted by Gasteiger charge is 2.27. The maximum absolute atomic E-state index is 13.1. The van der Waals surface area contributed by atoms with Gasteiger partial charge in [0.2, 0.25) is 10.0 Å². The van der Waals surface area contributed by atoms with Crippen LogP contribution in [0.1, 0.15) is 22.4 Å². The number of anilines is 1. The number of halogens is 2. The Kier molecular flexibility index (Phi) is 4.97. The number of carbonyl (C=O) groups is 1. The highest BCUT2D eigenvalue weighted by molar-refractivity contribution is 7.89.